The number of rotatable bonds is 7. The normalized spacial score (nSPS) is 18.6. The van der Waals surface area contributed by atoms with Crippen molar-refractivity contribution < 1.29 is 23.8 Å². The first kappa shape index (κ1) is 24.4. The Bertz CT molecular complexity index is 1110. The SMILES string of the molecule is COC(=O)C1=C(CN2CCN(c3ccc(C)cc3)CC2)NC(=O)N[C@H]1c1ccc(OC)c(OC)c1. The molecule has 2 heterocycles. The molecule has 1 atom stereocenters. The Kier molecular flexibility index (Phi) is 7.45. The van der Waals surface area contributed by atoms with Gasteiger partial charge in [-0.05, 0) is 36.8 Å². The van der Waals surface area contributed by atoms with Gasteiger partial charge in [-0.1, -0.05) is 23.8 Å². The number of aryl methyl sites for hydroxylation is 1. The van der Waals surface area contributed by atoms with Gasteiger partial charge in [0.15, 0.2) is 11.5 Å². The molecule has 0 saturated carbocycles. The van der Waals surface area contributed by atoms with E-state index < -0.39 is 12.0 Å². The standard InChI is InChI=1S/C26H32N4O5/c1-17-5-8-19(9-6-17)30-13-11-29(12-14-30)16-20-23(25(31)35-4)24(28-26(32)27-20)18-7-10-21(33-2)22(15-18)34-3/h5-10,15,24H,11-14,16H2,1-4H3,(H2,27,28,32)/t24-/m0/s1. The summed E-state index contributed by atoms with van der Waals surface area (Å²) in [5, 5.41) is 5.70. The number of hydrogen-bond acceptors (Lipinski definition) is 7. The number of anilines is 1. The predicted octanol–water partition coefficient (Wildman–Crippen LogP) is 2.62. The molecule has 2 aromatic carbocycles. The second-order valence-electron chi connectivity index (χ2n) is 8.63. The van der Waals surface area contributed by atoms with Crippen LogP contribution in [0, 0.1) is 6.92 Å². The molecule has 2 amide bonds. The highest BCUT2D eigenvalue weighted by Gasteiger charge is 2.35. The first-order valence-electron chi connectivity index (χ1n) is 11.6. The lowest BCUT2D eigenvalue weighted by Gasteiger charge is -2.38. The fraction of sp³-hybridized carbons (Fsp3) is 0.385. The van der Waals surface area contributed by atoms with E-state index in [9.17, 15) is 9.59 Å². The van der Waals surface area contributed by atoms with Gasteiger partial charge < -0.3 is 29.7 Å². The van der Waals surface area contributed by atoms with E-state index in [0.29, 0.717) is 34.9 Å². The average Bonchev–Trinajstić information content (AvgIpc) is 2.88. The smallest absolute Gasteiger partial charge is 0.338 e. The Balaban J connectivity index is 1.57. The average molecular weight is 481 g/mol. The number of methoxy groups -OCH3 is 3. The number of amides is 2. The van der Waals surface area contributed by atoms with Crippen LogP contribution in [0.3, 0.4) is 0 Å². The molecule has 186 valence electrons. The van der Waals surface area contributed by atoms with Crippen LogP contribution in [-0.4, -0.2) is 71.0 Å². The number of benzene rings is 2. The Labute approximate surface area is 205 Å². The summed E-state index contributed by atoms with van der Waals surface area (Å²) in [7, 11) is 4.44. The van der Waals surface area contributed by atoms with Crippen LogP contribution in [0.1, 0.15) is 17.2 Å². The van der Waals surface area contributed by atoms with Gasteiger partial charge in [0.2, 0.25) is 0 Å². The largest absolute Gasteiger partial charge is 0.493 e. The van der Waals surface area contributed by atoms with E-state index in [4.69, 9.17) is 14.2 Å². The highest BCUT2D eigenvalue weighted by molar-refractivity contribution is 5.95. The van der Waals surface area contributed by atoms with E-state index in [1.165, 1.54) is 18.4 Å². The van der Waals surface area contributed by atoms with Gasteiger partial charge in [0, 0.05) is 44.1 Å². The summed E-state index contributed by atoms with van der Waals surface area (Å²) in [5.41, 5.74) is 4.05. The molecule has 2 aliphatic heterocycles. The highest BCUT2D eigenvalue weighted by atomic mass is 16.5. The van der Waals surface area contributed by atoms with Crippen molar-refractivity contribution in [3.8, 4) is 11.5 Å². The fourth-order valence-corrected chi connectivity index (χ4v) is 4.52. The number of nitrogens with zero attached hydrogens (tertiary/aromatic N) is 2. The van der Waals surface area contributed by atoms with Crippen molar-refractivity contribution in [3.63, 3.8) is 0 Å². The zero-order chi connectivity index (χ0) is 24.9. The Morgan fingerprint density at radius 3 is 2.29 bits per heavy atom. The van der Waals surface area contributed by atoms with Crippen LogP contribution in [0.5, 0.6) is 11.5 Å². The molecule has 0 aliphatic carbocycles. The van der Waals surface area contributed by atoms with Gasteiger partial charge in [-0.3, -0.25) is 4.90 Å². The van der Waals surface area contributed by atoms with E-state index >= 15 is 0 Å². The number of carbonyl (C=O) groups excluding carboxylic acids is 2. The molecule has 1 fully saturated rings. The third kappa shape index (κ3) is 5.35. The third-order valence-corrected chi connectivity index (χ3v) is 6.45. The Hall–Kier alpha value is -3.72. The van der Waals surface area contributed by atoms with Crippen molar-refractivity contribution in [1.29, 1.82) is 0 Å². The van der Waals surface area contributed by atoms with Crippen LogP contribution in [0.25, 0.3) is 0 Å². The Morgan fingerprint density at radius 2 is 1.66 bits per heavy atom. The van der Waals surface area contributed by atoms with Crippen molar-refractivity contribution in [1.82, 2.24) is 15.5 Å². The van der Waals surface area contributed by atoms with Crippen LogP contribution in [0.2, 0.25) is 0 Å². The number of ether oxygens (including phenoxy) is 3. The van der Waals surface area contributed by atoms with Crippen LogP contribution in [0.15, 0.2) is 53.7 Å². The molecule has 4 rings (SSSR count). The minimum atomic E-state index is -0.681. The van der Waals surface area contributed by atoms with Crippen LogP contribution in [-0.2, 0) is 9.53 Å². The first-order valence-corrected chi connectivity index (χ1v) is 11.6. The van der Waals surface area contributed by atoms with E-state index in [0.717, 1.165) is 26.2 Å². The van der Waals surface area contributed by atoms with Crippen molar-refractivity contribution in [3.05, 3.63) is 64.9 Å². The second kappa shape index (κ2) is 10.7. The van der Waals surface area contributed by atoms with E-state index in [2.05, 4.69) is 51.6 Å². The van der Waals surface area contributed by atoms with Gasteiger partial charge in [-0.25, -0.2) is 9.59 Å². The number of piperazine rings is 1. The van der Waals surface area contributed by atoms with Crippen molar-refractivity contribution in [2.45, 2.75) is 13.0 Å². The topological polar surface area (TPSA) is 92.4 Å². The molecule has 2 aliphatic rings. The minimum absolute atomic E-state index is 0.370. The summed E-state index contributed by atoms with van der Waals surface area (Å²) in [6.45, 7) is 5.83. The molecule has 0 aromatic heterocycles. The maximum absolute atomic E-state index is 12.9. The summed E-state index contributed by atoms with van der Waals surface area (Å²) in [6, 6.07) is 12.8. The second-order valence-corrected chi connectivity index (χ2v) is 8.63. The van der Waals surface area contributed by atoms with Gasteiger partial charge in [0.05, 0.1) is 32.9 Å². The van der Waals surface area contributed by atoms with E-state index in [-0.39, 0.29) is 6.03 Å². The number of nitrogens with one attached hydrogen (secondary N) is 2. The van der Waals surface area contributed by atoms with E-state index in [1.54, 1.807) is 32.4 Å². The van der Waals surface area contributed by atoms with Gasteiger partial charge in [-0.15, -0.1) is 0 Å². The quantitative estimate of drug-likeness (QED) is 0.589. The minimum Gasteiger partial charge on any atom is -0.493 e. The molecule has 35 heavy (non-hydrogen) atoms. The summed E-state index contributed by atoms with van der Waals surface area (Å²) in [4.78, 5) is 30.1. The summed E-state index contributed by atoms with van der Waals surface area (Å²) >= 11 is 0. The molecule has 9 heteroatoms. The van der Waals surface area contributed by atoms with Gasteiger partial charge in [0.25, 0.3) is 0 Å². The highest BCUT2D eigenvalue weighted by Crippen LogP contribution is 2.34. The fourth-order valence-electron chi connectivity index (χ4n) is 4.52. The Morgan fingerprint density at radius 1 is 0.971 bits per heavy atom. The van der Waals surface area contributed by atoms with Crippen molar-refractivity contribution in [2.75, 3.05) is 59.0 Å². The van der Waals surface area contributed by atoms with Gasteiger partial charge >= 0.3 is 12.0 Å². The summed E-state index contributed by atoms with van der Waals surface area (Å²) < 4.78 is 15.9. The number of esters is 1. The lowest BCUT2D eigenvalue weighted by atomic mass is 9.94. The number of urea groups is 1. The van der Waals surface area contributed by atoms with Gasteiger partial charge in [-0.2, -0.15) is 0 Å². The zero-order valence-electron chi connectivity index (χ0n) is 20.6. The zero-order valence-corrected chi connectivity index (χ0v) is 20.6. The first-order chi connectivity index (χ1) is 16.9. The monoisotopic (exact) mass is 480 g/mol. The van der Waals surface area contributed by atoms with Crippen molar-refractivity contribution >= 4 is 17.7 Å². The molecule has 0 unspecified atom stereocenters. The predicted molar refractivity (Wildman–Crippen MR) is 133 cm³/mol. The van der Waals surface area contributed by atoms with E-state index in [1.807, 2.05) is 0 Å². The van der Waals surface area contributed by atoms with Crippen LogP contribution < -0.4 is 25.0 Å². The van der Waals surface area contributed by atoms with Crippen LogP contribution >= 0.6 is 0 Å². The van der Waals surface area contributed by atoms with Crippen molar-refractivity contribution in [2.24, 2.45) is 0 Å². The number of hydrogen-bond donors (Lipinski definition) is 2. The molecule has 0 radical (unpaired) electrons. The molecule has 9 nitrogen and oxygen atoms in total. The molecular weight excluding hydrogens is 448 g/mol. The molecular formula is C26H32N4O5. The van der Waals surface area contributed by atoms with Gasteiger partial charge in [0.1, 0.15) is 0 Å². The number of carbonyl (C=O) groups is 2. The lowest BCUT2D eigenvalue weighted by molar-refractivity contribution is -0.136. The maximum Gasteiger partial charge on any atom is 0.338 e. The molecule has 1 saturated heterocycles. The van der Waals surface area contributed by atoms with Crippen LogP contribution in [0.4, 0.5) is 10.5 Å². The molecule has 2 N–H and O–H groups in total. The molecule has 0 spiro atoms. The molecule has 2 aromatic rings. The summed E-state index contributed by atoms with van der Waals surface area (Å²) in [5.74, 6) is 0.577. The maximum atomic E-state index is 12.9. The summed E-state index contributed by atoms with van der Waals surface area (Å²) in [6.07, 6.45) is 0. The lowest BCUT2D eigenvalue weighted by Crippen LogP contribution is -2.51. The third-order valence-electron chi connectivity index (χ3n) is 6.45. The molecule has 0 bridgehead atoms.